The van der Waals surface area contributed by atoms with Crippen LogP contribution in [0.3, 0.4) is 0 Å². The molecule has 1 heterocycles. The summed E-state index contributed by atoms with van der Waals surface area (Å²) in [6.07, 6.45) is 3.91. The first-order valence-corrected chi connectivity index (χ1v) is 19.3. The summed E-state index contributed by atoms with van der Waals surface area (Å²) in [5, 5.41) is 16.5. The molecule has 9 aromatic rings. The zero-order valence-corrected chi connectivity index (χ0v) is 30.9. The topological polar surface area (TPSA) is 36.2 Å². The Kier molecular flexibility index (Phi) is 7.53. The summed E-state index contributed by atoms with van der Waals surface area (Å²) < 4.78 is 2.46. The maximum absolute atomic E-state index is 9.12. The standard InChI is InChI=1S/C51H36N2S/c1-51(2)49-36-18-7-6-14-32(36)26-29-41(49)40-22-12-21-39(50(40)51)38-28-27-34(35-17-8-9-19-37(35)38)31-53-45(30-44(52)33-15-4-3-5-16-33)42-23-13-25-47-48(42)43-20-10-11-24-46(43)54-47/h3-31,52H,1-2H3/b45-30-,52-44?,53-31?. The molecule has 0 saturated carbocycles. The van der Waals surface area contributed by atoms with Gasteiger partial charge in [0.25, 0.3) is 0 Å². The molecule has 1 N–H and O–H groups in total. The molecule has 10 rings (SSSR count). The Morgan fingerprint density at radius 2 is 1.17 bits per heavy atom. The van der Waals surface area contributed by atoms with E-state index in [0.29, 0.717) is 5.71 Å². The Balaban J connectivity index is 1.12. The lowest BCUT2D eigenvalue weighted by Gasteiger charge is -2.26. The van der Waals surface area contributed by atoms with E-state index in [1.54, 1.807) is 11.3 Å². The summed E-state index contributed by atoms with van der Waals surface area (Å²) >= 11 is 1.80. The molecule has 1 aromatic heterocycles. The molecule has 256 valence electrons. The molecule has 8 aromatic carbocycles. The van der Waals surface area contributed by atoms with Crippen LogP contribution in [0.2, 0.25) is 0 Å². The van der Waals surface area contributed by atoms with Crippen molar-refractivity contribution in [3.8, 4) is 22.3 Å². The van der Waals surface area contributed by atoms with Gasteiger partial charge in [-0.05, 0) is 78.7 Å². The Morgan fingerprint density at radius 3 is 2.00 bits per heavy atom. The van der Waals surface area contributed by atoms with Gasteiger partial charge >= 0.3 is 0 Å². The van der Waals surface area contributed by atoms with Gasteiger partial charge in [-0.3, -0.25) is 4.99 Å². The van der Waals surface area contributed by atoms with Gasteiger partial charge in [-0.25, -0.2) is 0 Å². The maximum Gasteiger partial charge on any atom is 0.0730 e. The molecule has 3 heteroatoms. The van der Waals surface area contributed by atoms with Crippen LogP contribution in [0.1, 0.15) is 41.7 Å². The highest BCUT2D eigenvalue weighted by molar-refractivity contribution is 7.25. The summed E-state index contributed by atoms with van der Waals surface area (Å²) in [7, 11) is 0. The Bertz CT molecular complexity index is 3030. The van der Waals surface area contributed by atoms with Crippen LogP contribution in [-0.2, 0) is 5.41 Å². The lowest BCUT2D eigenvalue weighted by Crippen LogP contribution is -2.17. The van der Waals surface area contributed by atoms with Crippen LogP contribution in [0.4, 0.5) is 0 Å². The van der Waals surface area contributed by atoms with E-state index < -0.39 is 0 Å². The molecule has 0 saturated heterocycles. The van der Waals surface area contributed by atoms with Gasteiger partial charge in [-0.2, -0.15) is 0 Å². The number of fused-ring (bicyclic) bond motifs is 9. The molecule has 0 bridgehead atoms. The number of allylic oxidation sites excluding steroid dienone is 1. The van der Waals surface area contributed by atoms with Gasteiger partial charge in [-0.15, -0.1) is 11.3 Å². The second-order valence-corrected chi connectivity index (χ2v) is 15.7. The molecule has 1 aliphatic carbocycles. The third-order valence-electron chi connectivity index (χ3n) is 11.2. The molecule has 2 nitrogen and oxygen atoms in total. The van der Waals surface area contributed by atoms with Crippen LogP contribution >= 0.6 is 11.3 Å². The van der Waals surface area contributed by atoms with Crippen LogP contribution in [-0.4, -0.2) is 11.9 Å². The number of hydrogen-bond acceptors (Lipinski definition) is 3. The molecule has 0 spiro atoms. The first-order valence-electron chi connectivity index (χ1n) is 18.5. The zero-order valence-electron chi connectivity index (χ0n) is 30.1. The van der Waals surface area contributed by atoms with E-state index in [2.05, 4.69) is 147 Å². The van der Waals surface area contributed by atoms with Crippen molar-refractivity contribution in [1.82, 2.24) is 0 Å². The largest absolute Gasteiger partial charge is 0.300 e. The number of nitrogens with zero attached hydrogens (tertiary/aromatic N) is 1. The van der Waals surface area contributed by atoms with E-state index >= 15 is 0 Å². The number of aliphatic imine (C=N–C) groups is 1. The van der Waals surface area contributed by atoms with Gasteiger partial charge in [0, 0.05) is 42.9 Å². The molecular formula is C51H36N2S. The van der Waals surface area contributed by atoms with Gasteiger partial charge < -0.3 is 5.41 Å². The van der Waals surface area contributed by atoms with Crippen molar-refractivity contribution in [2.24, 2.45) is 4.99 Å². The van der Waals surface area contributed by atoms with E-state index in [9.17, 15) is 0 Å². The molecule has 0 atom stereocenters. The summed E-state index contributed by atoms with van der Waals surface area (Å²) in [5.41, 5.74) is 11.9. The number of thiophene rings is 1. The summed E-state index contributed by atoms with van der Waals surface area (Å²) in [6.45, 7) is 4.77. The minimum atomic E-state index is -0.181. The predicted molar refractivity (Wildman–Crippen MR) is 233 cm³/mol. The predicted octanol–water partition coefficient (Wildman–Crippen LogP) is 13.9. The average Bonchev–Trinajstić information content (AvgIpc) is 3.72. The molecule has 0 fully saturated rings. The van der Waals surface area contributed by atoms with Crippen molar-refractivity contribution >= 4 is 70.7 Å². The van der Waals surface area contributed by atoms with Gasteiger partial charge in [-0.1, -0.05) is 166 Å². The van der Waals surface area contributed by atoms with Crippen molar-refractivity contribution in [3.63, 3.8) is 0 Å². The van der Waals surface area contributed by atoms with Crippen LogP contribution < -0.4 is 0 Å². The molecule has 1 aliphatic rings. The van der Waals surface area contributed by atoms with Crippen LogP contribution in [0, 0.1) is 5.41 Å². The molecule has 0 unspecified atom stereocenters. The normalized spacial score (nSPS) is 13.6. The van der Waals surface area contributed by atoms with Crippen LogP contribution in [0.5, 0.6) is 0 Å². The van der Waals surface area contributed by atoms with E-state index in [0.717, 1.165) is 27.8 Å². The van der Waals surface area contributed by atoms with Gasteiger partial charge in [0.1, 0.15) is 0 Å². The quantitative estimate of drug-likeness (QED) is 0.167. The number of nitrogens with one attached hydrogen (secondary N) is 1. The SMILES string of the molecule is CC1(C)c2c(cccc2-c2ccc(C=N/C(=C\C(=N)c3ccccc3)c3cccc4sc5ccccc5c34)c3ccccc23)-c2ccc3ccccc3c21. The fourth-order valence-electron chi connectivity index (χ4n) is 8.79. The smallest absolute Gasteiger partial charge is 0.0730 e. The average molecular weight is 709 g/mol. The monoisotopic (exact) mass is 708 g/mol. The van der Waals surface area contributed by atoms with E-state index in [1.165, 1.54) is 69.7 Å². The minimum absolute atomic E-state index is 0.181. The fraction of sp³-hybridized carbons (Fsp3) is 0.0588. The zero-order chi connectivity index (χ0) is 36.4. The minimum Gasteiger partial charge on any atom is -0.300 e. The van der Waals surface area contributed by atoms with E-state index in [1.807, 2.05) is 42.6 Å². The first kappa shape index (κ1) is 32.2. The van der Waals surface area contributed by atoms with Gasteiger partial charge in [0.2, 0.25) is 0 Å². The molecule has 0 aliphatic heterocycles. The van der Waals surface area contributed by atoms with Crippen molar-refractivity contribution in [2.75, 3.05) is 0 Å². The Hall–Kier alpha value is -6.42. The summed E-state index contributed by atoms with van der Waals surface area (Å²) in [4.78, 5) is 5.26. The number of rotatable bonds is 6. The second kappa shape index (κ2) is 12.6. The van der Waals surface area contributed by atoms with E-state index in [-0.39, 0.29) is 5.41 Å². The van der Waals surface area contributed by atoms with Crippen molar-refractivity contribution in [3.05, 3.63) is 198 Å². The number of benzene rings is 8. The molecule has 0 amide bonds. The summed E-state index contributed by atoms with van der Waals surface area (Å²) in [6, 6.07) is 58.3. The Morgan fingerprint density at radius 1 is 0.537 bits per heavy atom. The second-order valence-electron chi connectivity index (χ2n) is 14.7. The molecule has 0 radical (unpaired) electrons. The number of hydrogen-bond donors (Lipinski definition) is 1. The first-order chi connectivity index (χ1) is 26.5. The molecular weight excluding hydrogens is 673 g/mol. The van der Waals surface area contributed by atoms with Crippen molar-refractivity contribution in [2.45, 2.75) is 19.3 Å². The van der Waals surface area contributed by atoms with Crippen molar-refractivity contribution in [1.29, 1.82) is 5.41 Å². The maximum atomic E-state index is 9.12. The lowest BCUT2D eigenvalue weighted by atomic mass is 9.77. The fourth-order valence-corrected chi connectivity index (χ4v) is 9.92. The highest BCUT2D eigenvalue weighted by Crippen LogP contribution is 2.54. The summed E-state index contributed by atoms with van der Waals surface area (Å²) in [5.74, 6) is 0. The van der Waals surface area contributed by atoms with E-state index in [4.69, 9.17) is 10.4 Å². The third kappa shape index (κ3) is 5.08. The highest BCUT2D eigenvalue weighted by Gasteiger charge is 2.39. The molecule has 54 heavy (non-hydrogen) atoms. The highest BCUT2D eigenvalue weighted by atomic mass is 32.1. The lowest BCUT2D eigenvalue weighted by molar-refractivity contribution is 0.668. The third-order valence-corrected chi connectivity index (χ3v) is 12.3. The van der Waals surface area contributed by atoms with Gasteiger partial charge in [0.05, 0.1) is 11.4 Å². The van der Waals surface area contributed by atoms with Gasteiger partial charge in [0.15, 0.2) is 0 Å². The van der Waals surface area contributed by atoms with Crippen molar-refractivity contribution < 1.29 is 0 Å². The Labute approximate surface area is 318 Å². The van der Waals surface area contributed by atoms with Crippen LogP contribution in [0.15, 0.2) is 175 Å². The van der Waals surface area contributed by atoms with Crippen LogP contribution in [0.25, 0.3) is 69.7 Å².